The maximum Gasteiger partial charge on any atom is 0.340 e. The first-order valence-electron chi connectivity index (χ1n) is 7.52. The second kappa shape index (κ2) is 9.21. The maximum absolute atomic E-state index is 12.0. The van der Waals surface area contributed by atoms with Gasteiger partial charge in [-0.1, -0.05) is 12.1 Å². The smallest absolute Gasteiger partial charge is 0.340 e. The first kappa shape index (κ1) is 19.7. The molecule has 0 aromatic heterocycles. The summed E-state index contributed by atoms with van der Waals surface area (Å²) in [5.74, 6) is -1.22. The van der Waals surface area contributed by atoms with Crippen LogP contribution in [0.25, 0.3) is 0 Å². The number of nitro benzene ring substituents is 1. The van der Waals surface area contributed by atoms with Crippen LogP contribution < -0.4 is 11.1 Å². The van der Waals surface area contributed by atoms with Gasteiger partial charge in [0.15, 0.2) is 6.61 Å². The van der Waals surface area contributed by atoms with Crippen molar-refractivity contribution in [2.45, 2.75) is 4.90 Å². The molecular formula is C17H14N4O5S. The summed E-state index contributed by atoms with van der Waals surface area (Å²) in [6.07, 6.45) is 0. The zero-order valence-corrected chi connectivity index (χ0v) is 14.7. The molecule has 2 aromatic rings. The Morgan fingerprint density at radius 2 is 2.04 bits per heavy atom. The summed E-state index contributed by atoms with van der Waals surface area (Å²) in [6, 6.07) is 12.2. The minimum absolute atomic E-state index is 0.0709. The van der Waals surface area contributed by atoms with Crippen molar-refractivity contribution in [1.82, 2.24) is 0 Å². The Kier molecular flexibility index (Phi) is 6.73. The molecule has 0 saturated heterocycles. The fraction of sp³-hybridized carbons (Fsp3) is 0.118. The van der Waals surface area contributed by atoms with Crippen molar-refractivity contribution in [1.29, 1.82) is 5.26 Å². The van der Waals surface area contributed by atoms with Crippen molar-refractivity contribution >= 4 is 40.7 Å². The number of carbonyl (C=O) groups is 2. The number of nitrogens with zero attached hydrogens (tertiary/aromatic N) is 2. The summed E-state index contributed by atoms with van der Waals surface area (Å²) in [5.41, 5.74) is 5.67. The Labute approximate surface area is 158 Å². The van der Waals surface area contributed by atoms with Gasteiger partial charge in [-0.15, -0.1) is 11.8 Å². The number of hydrogen-bond donors (Lipinski definition) is 2. The van der Waals surface area contributed by atoms with Crippen molar-refractivity contribution in [3.05, 3.63) is 58.1 Å². The molecule has 0 fully saturated rings. The molecule has 3 N–H and O–H groups in total. The third-order valence-electron chi connectivity index (χ3n) is 3.25. The van der Waals surface area contributed by atoms with E-state index in [1.54, 1.807) is 24.3 Å². The molecule has 9 nitrogen and oxygen atoms in total. The number of nitrogens with two attached hydrogens (primary N) is 1. The number of ether oxygens (including phenoxy) is 1. The lowest BCUT2D eigenvalue weighted by Gasteiger charge is -2.10. The molecule has 0 aliphatic carbocycles. The molecule has 10 heteroatoms. The number of nitro groups is 1. The first-order valence-corrected chi connectivity index (χ1v) is 8.50. The van der Waals surface area contributed by atoms with E-state index < -0.39 is 23.4 Å². The van der Waals surface area contributed by atoms with Crippen LogP contribution in [0.4, 0.5) is 17.1 Å². The molecule has 0 radical (unpaired) electrons. The molecule has 0 aliphatic heterocycles. The van der Waals surface area contributed by atoms with Crippen LogP contribution in [0.1, 0.15) is 10.4 Å². The van der Waals surface area contributed by atoms with Crippen LogP contribution in [-0.4, -0.2) is 29.2 Å². The molecule has 27 heavy (non-hydrogen) atoms. The number of thioether (sulfide) groups is 1. The highest BCUT2D eigenvalue weighted by Gasteiger charge is 2.17. The number of nitriles is 1. The van der Waals surface area contributed by atoms with Crippen LogP contribution in [-0.2, 0) is 9.53 Å². The van der Waals surface area contributed by atoms with Crippen LogP contribution in [0, 0.1) is 21.4 Å². The second-order valence-corrected chi connectivity index (χ2v) is 6.11. The molecule has 0 bridgehead atoms. The van der Waals surface area contributed by atoms with Crippen LogP contribution in [0.2, 0.25) is 0 Å². The summed E-state index contributed by atoms with van der Waals surface area (Å²) in [4.78, 5) is 34.8. The molecule has 0 heterocycles. The van der Waals surface area contributed by atoms with E-state index in [9.17, 15) is 19.7 Å². The fourth-order valence-electron chi connectivity index (χ4n) is 2.05. The average molecular weight is 386 g/mol. The highest BCUT2D eigenvalue weighted by Crippen LogP contribution is 2.26. The van der Waals surface area contributed by atoms with Gasteiger partial charge in [0.05, 0.1) is 33.7 Å². The van der Waals surface area contributed by atoms with E-state index in [4.69, 9.17) is 15.7 Å². The van der Waals surface area contributed by atoms with Gasteiger partial charge >= 0.3 is 5.97 Å². The van der Waals surface area contributed by atoms with Gasteiger partial charge in [0.2, 0.25) is 0 Å². The largest absolute Gasteiger partial charge is 0.452 e. The number of nitrogens with one attached hydrogen (secondary N) is 1. The number of anilines is 2. The van der Waals surface area contributed by atoms with Gasteiger partial charge in [-0.2, -0.15) is 5.26 Å². The first-order chi connectivity index (χ1) is 12.9. The SMILES string of the molecule is N#CCSc1ccccc1NC(=O)COC(=O)c1ccc([N+](=O)[O-])cc1N. The van der Waals surface area contributed by atoms with Gasteiger partial charge in [0.1, 0.15) is 0 Å². The predicted octanol–water partition coefficient (Wildman–Crippen LogP) is 2.59. The number of carbonyl (C=O) groups excluding carboxylic acids is 2. The fourth-order valence-corrected chi connectivity index (χ4v) is 2.72. The van der Waals surface area contributed by atoms with Gasteiger partial charge in [-0.3, -0.25) is 14.9 Å². The van der Waals surface area contributed by atoms with Gasteiger partial charge in [-0.05, 0) is 18.2 Å². The quantitative estimate of drug-likeness (QED) is 0.242. The minimum atomic E-state index is -0.871. The Morgan fingerprint density at radius 3 is 2.70 bits per heavy atom. The topological polar surface area (TPSA) is 148 Å². The molecule has 2 rings (SSSR count). The van der Waals surface area contributed by atoms with E-state index in [1.807, 2.05) is 6.07 Å². The van der Waals surface area contributed by atoms with Gasteiger partial charge in [0.25, 0.3) is 11.6 Å². The van der Waals surface area contributed by atoms with Crippen molar-refractivity contribution in [3.8, 4) is 6.07 Å². The van der Waals surface area contributed by atoms with Crippen molar-refractivity contribution < 1.29 is 19.2 Å². The van der Waals surface area contributed by atoms with E-state index in [2.05, 4.69) is 5.32 Å². The van der Waals surface area contributed by atoms with E-state index in [0.29, 0.717) is 10.6 Å². The molecule has 0 saturated carbocycles. The third kappa shape index (κ3) is 5.45. The Bertz CT molecular complexity index is 926. The van der Waals surface area contributed by atoms with Crippen molar-refractivity contribution in [2.75, 3.05) is 23.4 Å². The van der Waals surface area contributed by atoms with E-state index in [0.717, 1.165) is 12.1 Å². The second-order valence-electron chi connectivity index (χ2n) is 5.10. The molecule has 0 atom stereocenters. The summed E-state index contributed by atoms with van der Waals surface area (Å²) in [5, 5.41) is 21.9. The number of non-ortho nitro benzene ring substituents is 1. The van der Waals surface area contributed by atoms with Crippen LogP contribution in [0.3, 0.4) is 0 Å². The molecule has 0 aliphatic rings. The number of esters is 1. The number of rotatable bonds is 7. The normalized spacial score (nSPS) is 9.89. The van der Waals surface area contributed by atoms with Crippen LogP contribution in [0.5, 0.6) is 0 Å². The standard InChI is InChI=1S/C17H14N4O5S/c18-7-8-27-15-4-2-1-3-14(15)20-16(22)10-26-17(23)12-6-5-11(21(24)25)9-13(12)19/h1-6,9H,8,10,19H2,(H,20,22). The maximum atomic E-state index is 12.0. The van der Waals surface area contributed by atoms with Crippen LogP contribution >= 0.6 is 11.8 Å². The average Bonchev–Trinajstić information content (AvgIpc) is 2.65. The summed E-state index contributed by atoms with van der Waals surface area (Å²) in [7, 11) is 0. The zero-order chi connectivity index (χ0) is 19.8. The molecule has 0 unspecified atom stereocenters. The van der Waals surface area contributed by atoms with E-state index >= 15 is 0 Å². The lowest BCUT2D eigenvalue weighted by Crippen LogP contribution is -2.21. The predicted molar refractivity (Wildman–Crippen MR) is 99.2 cm³/mol. The Balaban J connectivity index is 1.97. The lowest BCUT2D eigenvalue weighted by atomic mass is 10.1. The van der Waals surface area contributed by atoms with E-state index in [1.165, 1.54) is 17.8 Å². The monoisotopic (exact) mass is 386 g/mol. The summed E-state index contributed by atoms with van der Waals surface area (Å²) in [6.45, 7) is -0.563. The third-order valence-corrected chi connectivity index (χ3v) is 4.19. The molecule has 2 aromatic carbocycles. The highest BCUT2D eigenvalue weighted by atomic mass is 32.2. The number of hydrogen-bond acceptors (Lipinski definition) is 8. The molecule has 1 amide bonds. The number of benzene rings is 2. The van der Waals surface area contributed by atoms with Gasteiger partial charge < -0.3 is 15.8 Å². The van der Waals surface area contributed by atoms with Crippen LogP contribution in [0.15, 0.2) is 47.4 Å². The zero-order valence-electron chi connectivity index (χ0n) is 13.9. The summed E-state index contributed by atoms with van der Waals surface area (Å²) >= 11 is 1.26. The van der Waals surface area contributed by atoms with Crippen molar-refractivity contribution in [3.63, 3.8) is 0 Å². The number of amides is 1. The summed E-state index contributed by atoms with van der Waals surface area (Å²) < 4.78 is 4.90. The van der Waals surface area contributed by atoms with Crippen molar-refractivity contribution in [2.24, 2.45) is 0 Å². The minimum Gasteiger partial charge on any atom is -0.452 e. The Morgan fingerprint density at radius 1 is 1.30 bits per heavy atom. The van der Waals surface area contributed by atoms with Gasteiger partial charge in [0, 0.05) is 17.0 Å². The number of para-hydroxylation sites is 1. The van der Waals surface area contributed by atoms with Gasteiger partial charge in [-0.25, -0.2) is 4.79 Å². The molecule has 138 valence electrons. The number of nitrogen functional groups attached to an aromatic ring is 1. The van der Waals surface area contributed by atoms with E-state index in [-0.39, 0.29) is 22.7 Å². The Hall–Kier alpha value is -3.58. The highest BCUT2D eigenvalue weighted by molar-refractivity contribution is 7.99. The lowest BCUT2D eigenvalue weighted by molar-refractivity contribution is -0.384. The molecule has 0 spiro atoms. The molecular weight excluding hydrogens is 372 g/mol.